The van der Waals surface area contributed by atoms with Gasteiger partial charge in [-0.05, 0) is 38.0 Å². The molecule has 1 unspecified atom stereocenters. The molecule has 2 aromatic heterocycles. The standard InChI is InChI=1S/C23H21N3OS2/c1-15-6-4-7-16(12-15)22-24-17(14-28-22)13-21(27)26-11-5-9-19(26)23-25-18-8-2-3-10-20(18)29-23/h2-4,6-8,10,12,14,19H,5,9,11,13H2,1H3. The highest BCUT2D eigenvalue weighted by molar-refractivity contribution is 7.18. The van der Waals surface area contributed by atoms with Crippen LogP contribution in [0.1, 0.15) is 35.1 Å². The molecule has 1 aliphatic heterocycles. The number of hydrogen-bond donors (Lipinski definition) is 0. The number of carbonyl (C=O) groups excluding carboxylic acids is 1. The lowest BCUT2D eigenvalue weighted by Crippen LogP contribution is -2.31. The average Bonchev–Trinajstić information content (AvgIpc) is 3.46. The first-order valence-electron chi connectivity index (χ1n) is 9.84. The van der Waals surface area contributed by atoms with E-state index in [0.717, 1.165) is 46.2 Å². The second-order valence-electron chi connectivity index (χ2n) is 7.46. The molecule has 5 rings (SSSR count). The number of amides is 1. The lowest BCUT2D eigenvalue weighted by molar-refractivity contribution is -0.131. The molecule has 0 aliphatic carbocycles. The monoisotopic (exact) mass is 419 g/mol. The Morgan fingerprint density at radius 2 is 2.07 bits per heavy atom. The lowest BCUT2D eigenvalue weighted by Gasteiger charge is -2.22. The fraction of sp³-hybridized carbons (Fsp3) is 0.261. The predicted molar refractivity (Wildman–Crippen MR) is 119 cm³/mol. The van der Waals surface area contributed by atoms with Crippen molar-refractivity contribution in [2.24, 2.45) is 0 Å². The molecule has 1 atom stereocenters. The molecular formula is C23H21N3OS2. The maximum absolute atomic E-state index is 13.1. The van der Waals surface area contributed by atoms with Crippen molar-refractivity contribution in [2.75, 3.05) is 6.54 Å². The van der Waals surface area contributed by atoms with Crippen LogP contribution in [0.25, 0.3) is 20.8 Å². The summed E-state index contributed by atoms with van der Waals surface area (Å²) >= 11 is 3.31. The lowest BCUT2D eigenvalue weighted by atomic mass is 10.1. The molecule has 4 aromatic rings. The number of aryl methyl sites for hydroxylation is 1. The highest BCUT2D eigenvalue weighted by atomic mass is 32.1. The van der Waals surface area contributed by atoms with E-state index in [9.17, 15) is 4.79 Å². The Bertz CT molecular complexity index is 1150. The zero-order valence-corrected chi connectivity index (χ0v) is 17.8. The Hall–Kier alpha value is -2.57. The number of nitrogens with zero attached hydrogens (tertiary/aromatic N) is 3. The van der Waals surface area contributed by atoms with Gasteiger partial charge < -0.3 is 4.90 Å². The third-order valence-electron chi connectivity index (χ3n) is 5.32. The SMILES string of the molecule is Cc1cccc(-c2nc(CC(=O)N3CCCC3c3nc4ccccc4s3)cs2)c1. The van der Waals surface area contributed by atoms with Crippen LogP contribution in [0.4, 0.5) is 0 Å². The number of para-hydroxylation sites is 1. The van der Waals surface area contributed by atoms with Crippen LogP contribution in [0.3, 0.4) is 0 Å². The van der Waals surface area contributed by atoms with Crippen molar-refractivity contribution in [1.29, 1.82) is 0 Å². The third-order valence-corrected chi connectivity index (χ3v) is 7.40. The topological polar surface area (TPSA) is 46.1 Å². The maximum atomic E-state index is 13.1. The van der Waals surface area contributed by atoms with Gasteiger partial charge in [-0.3, -0.25) is 4.79 Å². The smallest absolute Gasteiger partial charge is 0.229 e. The number of benzene rings is 2. The number of thiazole rings is 2. The van der Waals surface area contributed by atoms with Gasteiger partial charge in [0.2, 0.25) is 5.91 Å². The molecule has 1 aliphatic rings. The maximum Gasteiger partial charge on any atom is 0.229 e. The minimum atomic E-state index is 0.0924. The summed E-state index contributed by atoms with van der Waals surface area (Å²) in [5.41, 5.74) is 4.20. The van der Waals surface area contributed by atoms with Gasteiger partial charge in [0.15, 0.2) is 0 Å². The molecule has 0 saturated carbocycles. The zero-order valence-electron chi connectivity index (χ0n) is 16.2. The Kier molecular flexibility index (Phi) is 4.89. The molecule has 1 fully saturated rings. The van der Waals surface area contributed by atoms with Crippen molar-refractivity contribution < 1.29 is 4.79 Å². The first-order chi connectivity index (χ1) is 14.2. The Morgan fingerprint density at radius 3 is 2.93 bits per heavy atom. The van der Waals surface area contributed by atoms with Gasteiger partial charge in [0.25, 0.3) is 0 Å². The number of aromatic nitrogens is 2. The predicted octanol–water partition coefficient (Wildman–Crippen LogP) is 5.63. The number of fused-ring (bicyclic) bond motifs is 1. The first kappa shape index (κ1) is 18.5. The van der Waals surface area contributed by atoms with Crippen LogP contribution in [0.2, 0.25) is 0 Å². The van der Waals surface area contributed by atoms with E-state index in [1.54, 1.807) is 22.7 Å². The summed E-state index contributed by atoms with van der Waals surface area (Å²) in [5, 5.41) is 4.04. The van der Waals surface area contributed by atoms with E-state index in [0.29, 0.717) is 6.42 Å². The molecule has 6 heteroatoms. The molecule has 1 amide bonds. The van der Waals surface area contributed by atoms with Crippen LogP contribution >= 0.6 is 22.7 Å². The van der Waals surface area contributed by atoms with Crippen molar-refractivity contribution in [3.8, 4) is 10.6 Å². The number of hydrogen-bond acceptors (Lipinski definition) is 5. The van der Waals surface area contributed by atoms with Gasteiger partial charge in [-0.2, -0.15) is 0 Å². The van der Waals surface area contributed by atoms with Crippen LogP contribution in [-0.4, -0.2) is 27.3 Å². The minimum absolute atomic E-state index is 0.0924. The van der Waals surface area contributed by atoms with E-state index in [-0.39, 0.29) is 11.9 Å². The van der Waals surface area contributed by atoms with Gasteiger partial charge in [0.05, 0.1) is 28.4 Å². The van der Waals surface area contributed by atoms with E-state index in [1.165, 1.54) is 10.3 Å². The van der Waals surface area contributed by atoms with Crippen molar-refractivity contribution in [3.05, 3.63) is 70.2 Å². The minimum Gasteiger partial charge on any atom is -0.333 e. The van der Waals surface area contributed by atoms with E-state index in [2.05, 4.69) is 31.2 Å². The Labute approximate surface area is 177 Å². The summed E-state index contributed by atoms with van der Waals surface area (Å²) < 4.78 is 1.18. The second-order valence-corrected chi connectivity index (χ2v) is 9.38. The normalized spacial score (nSPS) is 16.6. The van der Waals surface area contributed by atoms with Gasteiger partial charge in [-0.15, -0.1) is 22.7 Å². The highest BCUT2D eigenvalue weighted by Crippen LogP contribution is 2.37. The van der Waals surface area contributed by atoms with Crippen molar-refractivity contribution in [3.63, 3.8) is 0 Å². The summed E-state index contributed by atoms with van der Waals surface area (Å²) in [4.78, 5) is 24.6. The van der Waals surface area contributed by atoms with Crippen molar-refractivity contribution in [1.82, 2.24) is 14.9 Å². The van der Waals surface area contributed by atoms with Crippen LogP contribution in [0.5, 0.6) is 0 Å². The molecule has 3 heterocycles. The summed E-state index contributed by atoms with van der Waals surface area (Å²) in [6, 6.07) is 16.6. The summed E-state index contributed by atoms with van der Waals surface area (Å²) in [6.07, 6.45) is 2.36. The molecule has 4 nitrogen and oxygen atoms in total. The zero-order chi connectivity index (χ0) is 19.8. The van der Waals surface area contributed by atoms with Crippen molar-refractivity contribution in [2.45, 2.75) is 32.2 Å². The highest BCUT2D eigenvalue weighted by Gasteiger charge is 2.32. The molecule has 29 heavy (non-hydrogen) atoms. The number of likely N-dealkylation sites (tertiary alicyclic amines) is 1. The summed E-state index contributed by atoms with van der Waals surface area (Å²) in [5.74, 6) is 0.146. The van der Waals surface area contributed by atoms with Crippen molar-refractivity contribution >= 4 is 38.8 Å². The molecule has 0 spiro atoms. The quantitative estimate of drug-likeness (QED) is 0.430. The van der Waals surface area contributed by atoms with Gasteiger partial charge >= 0.3 is 0 Å². The van der Waals surface area contributed by atoms with Crippen LogP contribution in [0, 0.1) is 6.92 Å². The van der Waals surface area contributed by atoms with Gasteiger partial charge in [0.1, 0.15) is 10.0 Å². The second kappa shape index (κ2) is 7.69. The first-order valence-corrected chi connectivity index (χ1v) is 11.5. The molecule has 0 radical (unpaired) electrons. The summed E-state index contributed by atoms with van der Waals surface area (Å²) in [7, 11) is 0. The van der Waals surface area contributed by atoms with Crippen LogP contribution in [0.15, 0.2) is 53.9 Å². The van der Waals surface area contributed by atoms with E-state index < -0.39 is 0 Å². The largest absolute Gasteiger partial charge is 0.333 e. The number of carbonyl (C=O) groups is 1. The fourth-order valence-corrected chi connectivity index (χ4v) is 5.84. The molecule has 0 N–H and O–H groups in total. The van der Waals surface area contributed by atoms with E-state index in [4.69, 9.17) is 9.97 Å². The third kappa shape index (κ3) is 3.70. The van der Waals surface area contributed by atoms with Gasteiger partial charge in [-0.25, -0.2) is 9.97 Å². The molecule has 0 bridgehead atoms. The molecule has 1 saturated heterocycles. The molecular weight excluding hydrogens is 398 g/mol. The summed E-state index contributed by atoms with van der Waals surface area (Å²) in [6.45, 7) is 2.88. The Balaban J connectivity index is 1.33. The fourth-order valence-electron chi connectivity index (χ4n) is 3.91. The van der Waals surface area contributed by atoms with Crippen LogP contribution in [-0.2, 0) is 11.2 Å². The van der Waals surface area contributed by atoms with Gasteiger partial charge in [-0.1, -0.05) is 35.9 Å². The Morgan fingerprint density at radius 1 is 1.17 bits per heavy atom. The van der Waals surface area contributed by atoms with Crippen LogP contribution < -0.4 is 0 Å². The van der Waals surface area contributed by atoms with E-state index in [1.807, 2.05) is 34.5 Å². The molecule has 146 valence electrons. The number of rotatable bonds is 4. The van der Waals surface area contributed by atoms with E-state index >= 15 is 0 Å². The molecule has 2 aromatic carbocycles. The average molecular weight is 420 g/mol. The van der Waals surface area contributed by atoms with Gasteiger partial charge in [0, 0.05) is 17.5 Å².